The van der Waals surface area contributed by atoms with Crippen LogP contribution in [0.3, 0.4) is 0 Å². The van der Waals surface area contributed by atoms with E-state index in [1.165, 1.54) is 6.33 Å². The Labute approximate surface area is 119 Å². The lowest BCUT2D eigenvalue weighted by Gasteiger charge is -2.13. The number of hydrogen-bond donors (Lipinski definition) is 4. The third kappa shape index (κ3) is 2.20. The molecule has 1 aliphatic carbocycles. The van der Waals surface area contributed by atoms with Gasteiger partial charge in [-0.2, -0.15) is 0 Å². The highest BCUT2D eigenvalue weighted by Crippen LogP contribution is 2.40. The smallest absolute Gasteiger partial charge is 0.246 e. The fourth-order valence-electron chi connectivity index (χ4n) is 3.07. The van der Waals surface area contributed by atoms with Crippen LogP contribution in [0.15, 0.2) is 12.7 Å². The molecule has 3 rings (SSSR count). The van der Waals surface area contributed by atoms with Crippen molar-refractivity contribution in [3.05, 3.63) is 12.7 Å². The second-order valence-corrected chi connectivity index (χ2v) is 5.23. The molecular formula is C12H16N6O3. The maximum Gasteiger partial charge on any atom is 0.246 e. The second kappa shape index (κ2) is 5.26. The van der Waals surface area contributed by atoms with Gasteiger partial charge in [0.15, 0.2) is 11.5 Å². The Morgan fingerprint density at radius 2 is 2.24 bits per heavy atom. The lowest BCUT2D eigenvalue weighted by Crippen LogP contribution is -2.31. The average Bonchev–Trinajstić information content (AvgIpc) is 3.10. The van der Waals surface area contributed by atoms with Gasteiger partial charge >= 0.3 is 0 Å². The molecule has 9 nitrogen and oxygen atoms in total. The van der Waals surface area contributed by atoms with Crippen LogP contribution in [0.25, 0.3) is 11.2 Å². The van der Waals surface area contributed by atoms with Gasteiger partial charge in [-0.1, -0.05) is 0 Å². The number of aromatic nitrogens is 4. The summed E-state index contributed by atoms with van der Waals surface area (Å²) in [6.07, 6.45) is 4.08. The van der Waals surface area contributed by atoms with Crippen molar-refractivity contribution in [2.75, 3.05) is 12.3 Å². The number of fused-ring (bicyclic) bond motifs is 1. The van der Waals surface area contributed by atoms with Gasteiger partial charge in [0.2, 0.25) is 5.91 Å². The topological polar surface area (TPSA) is 139 Å². The summed E-state index contributed by atoms with van der Waals surface area (Å²) in [7, 11) is 0. The predicted molar refractivity (Wildman–Crippen MR) is 72.0 cm³/mol. The first-order chi connectivity index (χ1) is 10.2. The first-order valence-corrected chi connectivity index (χ1v) is 6.63. The average molecular weight is 292 g/mol. The van der Waals surface area contributed by atoms with Crippen molar-refractivity contribution in [2.45, 2.75) is 18.9 Å². The van der Waals surface area contributed by atoms with Crippen molar-refractivity contribution in [2.24, 2.45) is 11.8 Å². The zero-order chi connectivity index (χ0) is 15.0. The van der Waals surface area contributed by atoms with E-state index in [0.717, 1.165) is 0 Å². The fraction of sp³-hybridized carbons (Fsp3) is 0.500. The Morgan fingerprint density at radius 1 is 1.43 bits per heavy atom. The molecular weight excluding hydrogens is 276 g/mol. The first-order valence-electron chi connectivity index (χ1n) is 6.63. The van der Waals surface area contributed by atoms with Crippen molar-refractivity contribution in [3.8, 4) is 0 Å². The number of nitrogen functional groups attached to an aromatic ring is 1. The largest absolute Gasteiger partial charge is 0.396 e. The number of anilines is 1. The number of hydrogen-bond acceptors (Lipinski definition) is 7. The molecule has 1 fully saturated rings. The third-order valence-corrected chi connectivity index (χ3v) is 4.13. The zero-order valence-corrected chi connectivity index (χ0v) is 11.2. The number of amides is 1. The fourth-order valence-corrected chi connectivity index (χ4v) is 3.07. The number of nitrogens with one attached hydrogen (secondary N) is 1. The Morgan fingerprint density at radius 3 is 2.95 bits per heavy atom. The van der Waals surface area contributed by atoms with Gasteiger partial charge in [0.1, 0.15) is 11.8 Å². The van der Waals surface area contributed by atoms with Crippen LogP contribution in [0.4, 0.5) is 5.82 Å². The van der Waals surface area contributed by atoms with Gasteiger partial charge in [-0.15, -0.1) is 0 Å². The van der Waals surface area contributed by atoms with E-state index in [1.54, 1.807) is 11.8 Å². The van der Waals surface area contributed by atoms with E-state index in [-0.39, 0.29) is 18.6 Å². The summed E-state index contributed by atoms with van der Waals surface area (Å²) in [5, 5.41) is 18.2. The first kappa shape index (κ1) is 13.7. The van der Waals surface area contributed by atoms with Crippen LogP contribution in [0.2, 0.25) is 0 Å². The van der Waals surface area contributed by atoms with Crippen LogP contribution in [-0.4, -0.2) is 42.3 Å². The molecule has 0 bridgehead atoms. The summed E-state index contributed by atoms with van der Waals surface area (Å²) in [6, 6.07) is -0.0382. The number of rotatable bonds is 3. The SMILES string of the molecule is Nc1ncnc2c1ncn2[C@@H]1C[C@H](CO)[C@@H](C(=O)NO)C1. The molecule has 112 valence electrons. The van der Waals surface area contributed by atoms with Gasteiger partial charge in [-0.05, 0) is 18.8 Å². The predicted octanol–water partition coefficient (Wildman–Crippen LogP) is -0.527. The summed E-state index contributed by atoms with van der Waals surface area (Å²) in [6.45, 7) is -0.113. The molecule has 3 atom stereocenters. The van der Waals surface area contributed by atoms with Crippen LogP contribution < -0.4 is 11.2 Å². The van der Waals surface area contributed by atoms with Crippen LogP contribution in [0.5, 0.6) is 0 Å². The molecule has 5 N–H and O–H groups in total. The van der Waals surface area contributed by atoms with E-state index in [1.807, 2.05) is 4.57 Å². The highest BCUT2D eigenvalue weighted by molar-refractivity contribution is 5.81. The van der Waals surface area contributed by atoms with Crippen molar-refractivity contribution in [1.29, 1.82) is 0 Å². The number of imidazole rings is 1. The van der Waals surface area contributed by atoms with Gasteiger partial charge in [0.25, 0.3) is 0 Å². The Kier molecular flexibility index (Phi) is 3.43. The van der Waals surface area contributed by atoms with E-state index >= 15 is 0 Å². The van der Waals surface area contributed by atoms with Crippen LogP contribution >= 0.6 is 0 Å². The van der Waals surface area contributed by atoms with E-state index in [9.17, 15) is 9.90 Å². The van der Waals surface area contributed by atoms with Crippen molar-refractivity contribution in [1.82, 2.24) is 25.0 Å². The minimum absolute atomic E-state index is 0.0382. The number of aliphatic hydroxyl groups excluding tert-OH is 1. The molecule has 0 radical (unpaired) electrons. The Hall–Kier alpha value is -2.26. The molecule has 0 aliphatic heterocycles. The molecule has 21 heavy (non-hydrogen) atoms. The number of carbonyl (C=O) groups excluding carboxylic acids is 1. The van der Waals surface area contributed by atoms with Crippen molar-refractivity contribution in [3.63, 3.8) is 0 Å². The summed E-state index contributed by atoms with van der Waals surface area (Å²) < 4.78 is 1.85. The van der Waals surface area contributed by atoms with Gasteiger partial charge < -0.3 is 15.4 Å². The quantitative estimate of drug-likeness (QED) is 0.440. The maximum atomic E-state index is 11.7. The van der Waals surface area contributed by atoms with Crippen LogP contribution in [-0.2, 0) is 4.79 Å². The third-order valence-electron chi connectivity index (χ3n) is 4.13. The van der Waals surface area contributed by atoms with Gasteiger partial charge in [0.05, 0.1) is 6.33 Å². The maximum absolute atomic E-state index is 11.7. The molecule has 0 spiro atoms. The molecule has 0 unspecified atom stereocenters. The summed E-state index contributed by atoms with van der Waals surface area (Å²) in [5.74, 6) is -0.823. The minimum atomic E-state index is -0.477. The van der Waals surface area contributed by atoms with E-state index < -0.39 is 11.8 Å². The number of nitrogens with zero attached hydrogens (tertiary/aromatic N) is 4. The molecule has 0 aromatic carbocycles. The molecule has 2 aromatic heterocycles. The molecule has 1 aliphatic rings. The summed E-state index contributed by atoms with van der Waals surface area (Å²) in [4.78, 5) is 24.0. The van der Waals surface area contributed by atoms with Gasteiger partial charge in [0, 0.05) is 18.6 Å². The number of carbonyl (C=O) groups is 1. The molecule has 0 saturated heterocycles. The highest BCUT2D eigenvalue weighted by Gasteiger charge is 2.39. The van der Waals surface area contributed by atoms with E-state index in [4.69, 9.17) is 10.9 Å². The Bertz CT molecular complexity index is 672. The van der Waals surface area contributed by atoms with Crippen molar-refractivity contribution >= 4 is 22.9 Å². The number of aliphatic hydroxyl groups is 1. The van der Waals surface area contributed by atoms with E-state index in [2.05, 4.69) is 15.0 Å². The normalized spacial score (nSPS) is 25.3. The molecule has 2 aromatic rings. The molecule has 2 heterocycles. The van der Waals surface area contributed by atoms with Crippen LogP contribution in [0.1, 0.15) is 18.9 Å². The molecule has 9 heteroatoms. The lowest BCUT2D eigenvalue weighted by atomic mass is 9.96. The van der Waals surface area contributed by atoms with Crippen LogP contribution in [0, 0.1) is 11.8 Å². The van der Waals surface area contributed by atoms with Gasteiger partial charge in [-0.25, -0.2) is 20.4 Å². The monoisotopic (exact) mass is 292 g/mol. The Balaban J connectivity index is 1.93. The highest BCUT2D eigenvalue weighted by atomic mass is 16.5. The summed E-state index contributed by atoms with van der Waals surface area (Å²) in [5.41, 5.74) is 8.54. The van der Waals surface area contributed by atoms with E-state index in [0.29, 0.717) is 29.8 Å². The number of hydroxylamine groups is 1. The molecule has 1 saturated carbocycles. The number of nitrogens with two attached hydrogens (primary N) is 1. The molecule has 1 amide bonds. The van der Waals surface area contributed by atoms with Gasteiger partial charge in [-0.3, -0.25) is 10.0 Å². The lowest BCUT2D eigenvalue weighted by molar-refractivity contribution is -0.135. The van der Waals surface area contributed by atoms with Crippen molar-refractivity contribution < 1.29 is 15.1 Å². The summed E-state index contributed by atoms with van der Waals surface area (Å²) >= 11 is 0. The second-order valence-electron chi connectivity index (χ2n) is 5.23. The standard InChI is InChI=1S/C12H16N6O3/c13-10-9-11(15-4-14-10)18(5-16-9)7-1-6(3-19)8(2-7)12(20)17-21/h4-8,19,21H,1-3H2,(H,17,20)(H2,13,14,15)/t6-,7-,8+/m1/s1. The zero-order valence-electron chi connectivity index (χ0n) is 11.2. The minimum Gasteiger partial charge on any atom is -0.396 e.